The number of rotatable bonds is 5. The number of pyridine rings is 1. The summed E-state index contributed by atoms with van der Waals surface area (Å²) >= 11 is 3.32. The van der Waals surface area contributed by atoms with Crippen LogP contribution in [0, 0.1) is 0 Å². The van der Waals surface area contributed by atoms with Crippen molar-refractivity contribution < 1.29 is 4.74 Å². The molecule has 0 radical (unpaired) electrons. The molecule has 1 atom stereocenters. The smallest absolute Gasteiger partial charge is 0.213 e. The number of aromatic nitrogens is 1. The van der Waals surface area contributed by atoms with Gasteiger partial charge in [-0.3, -0.25) is 0 Å². The first-order valence-corrected chi connectivity index (χ1v) is 5.49. The van der Waals surface area contributed by atoms with Gasteiger partial charge in [-0.2, -0.15) is 0 Å². The lowest BCUT2D eigenvalue weighted by atomic mass is 10.3. The summed E-state index contributed by atoms with van der Waals surface area (Å²) in [4.78, 5) is 4.11. The number of nitrogens with one attached hydrogen (secondary N) is 1. The van der Waals surface area contributed by atoms with Gasteiger partial charge in [0.1, 0.15) is 6.61 Å². The Morgan fingerprint density at radius 2 is 2.27 bits per heavy atom. The second-order valence-corrected chi connectivity index (χ2v) is 4.00. The fourth-order valence-electron chi connectivity index (χ4n) is 1.07. The largest absolute Gasteiger partial charge is 0.476 e. The van der Waals surface area contributed by atoms with Crippen LogP contribution in [-0.2, 0) is 0 Å². The van der Waals surface area contributed by atoms with Crippen molar-refractivity contribution >= 4 is 28.3 Å². The average molecular weight is 296 g/mol. The lowest BCUT2D eigenvalue weighted by Crippen LogP contribution is -2.31. The molecular weight excluding hydrogens is 279 g/mol. The van der Waals surface area contributed by atoms with Gasteiger partial charge in [0.25, 0.3) is 0 Å². The highest BCUT2D eigenvalue weighted by molar-refractivity contribution is 9.10. The lowest BCUT2D eigenvalue weighted by molar-refractivity contribution is 0.266. The lowest BCUT2D eigenvalue weighted by Gasteiger charge is -2.12. The van der Waals surface area contributed by atoms with Crippen molar-refractivity contribution in [3.05, 3.63) is 22.8 Å². The Morgan fingerprint density at radius 3 is 2.80 bits per heavy atom. The highest BCUT2D eigenvalue weighted by atomic mass is 79.9. The van der Waals surface area contributed by atoms with E-state index in [4.69, 9.17) is 4.74 Å². The molecule has 5 heteroatoms. The molecule has 0 amide bonds. The van der Waals surface area contributed by atoms with Gasteiger partial charge in [-0.15, -0.1) is 12.4 Å². The normalized spacial score (nSPS) is 11.7. The van der Waals surface area contributed by atoms with E-state index in [1.54, 1.807) is 6.20 Å². The first-order chi connectivity index (χ1) is 6.72. The zero-order valence-corrected chi connectivity index (χ0v) is 11.3. The zero-order valence-electron chi connectivity index (χ0n) is 8.87. The number of hydrogen-bond donors (Lipinski definition) is 1. The van der Waals surface area contributed by atoms with Crippen LogP contribution in [0.4, 0.5) is 0 Å². The van der Waals surface area contributed by atoms with Gasteiger partial charge in [0.05, 0.1) is 0 Å². The average Bonchev–Trinajstić information content (AvgIpc) is 2.17. The molecule has 15 heavy (non-hydrogen) atoms. The van der Waals surface area contributed by atoms with Gasteiger partial charge < -0.3 is 10.1 Å². The molecule has 3 nitrogen and oxygen atoms in total. The molecule has 0 aliphatic rings. The van der Waals surface area contributed by atoms with E-state index in [0.29, 0.717) is 18.5 Å². The first-order valence-electron chi connectivity index (χ1n) is 4.70. The monoisotopic (exact) mass is 294 g/mol. The topological polar surface area (TPSA) is 34.1 Å². The molecule has 0 aliphatic carbocycles. The van der Waals surface area contributed by atoms with E-state index >= 15 is 0 Å². The molecule has 0 spiro atoms. The summed E-state index contributed by atoms with van der Waals surface area (Å²) in [6.07, 6.45) is 1.73. The maximum Gasteiger partial charge on any atom is 0.213 e. The van der Waals surface area contributed by atoms with Crippen LogP contribution in [-0.4, -0.2) is 24.2 Å². The van der Waals surface area contributed by atoms with Crippen molar-refractivity contribution in [3.63, 3.8) is 0 Å². The molecule has 1 aromatic heterocycles. The summed E-state index contributed by atoms with van der Waals surface area (Å²) in [5.74, 6) is 0.665. The van der Waals surface area contributed by atoms with Gasteiger partial charge in [-0.25, -0.2) is 4.98 Å². The van der Waals surface area contributed by atoms with Gasteiger partial charge in [0, 0.05) is 22.8 Å². The molecule has 1 aromatic rings. The molecule has 86 valence electrons. The fraction of sp³-hybridized carbons (Fsp3) is 0.500. The maximum atomic E-state index is 5.48. The number of halogens is 2. The second kappa shape index (κ2) is 7.91. The van der Waals surface area contributed by atoms with Crippen molar-refractivity contribution in [2.45, 2.75) is 19.9 Å². The minimum atomic E-state index is 0. The Balaban J connectivity index is 0.00000196. The molecule has 0 fully saturated rings. The van der Waals surface area contributed by atoms with Crippen LogP contribution in [0.5, 0.6) is 5.88 Å². The third kappa shape index (κ3) is 5.97. The molecule has 1 heterocycles. The van der Waals surface area contributed by atoms with Crippen molar-refractivity contribution in [1.82, 2.24) is 10.3 Å². The highest BCUT2D eigenvalue weighted by Crippen LogP contribution is 2.12. The predicted octanol–water partition coefficient (Wildman–Crippen LogP) is 2.64. The Hall–Kier alpha value is -0.320. The van der Waals surface area contributed by atoms with Gasteiger partial charge >= 0.3 is 0 Å². The third-order valence-electron chi connectivity index (χ3n) is 1.73. The Morgan fingerprint density at radius 1 is 1.53 bits per heavy atom. The summed E-state index contributed by atoms with van der Waals surface area (Å²) in [5.41, 5.74) is 0. The standard InChI is InChI=1S/C10H15BrN2O.ClH/c1-3-12-8(2)7-14-10-5-4-9(11)6-13-10;/h4-6,8,12H,3,7H2,1-2H3;1H/t8-;/m0./s1. The van der Waals surface area contributed by atoms with Crippen molar-refractivity contribution in [3.8, 4) is 5.88 Å². The Labute approximate surface area is 105 Å². The van der Waals surface area contributed by atoms with Crippen LogP contribution in [0.25, 0.3) is 0 Å². The molecular formula is C10H16BrClN2O. The van der Waals surface area contributed by atoms with Crippen LogP contribution in [0.3, 0.4) is 0 Å². The molecule has 1 rings (SSSR count). The highest BCUT2D eigenvalue weighted by Gasteiger charge is 2.01. The number of ether oxygens (including phenoxy) is 1. The molecule has 0 saturated heterocycles. The molecule has 0 aromatic carbocycles. The van der Waals surface area contributed by atoms with Crippen LogP contribution < -0.4 is 10.1 Å². The fourth-order valence-corrected chi connectivity index (χ4v) is 1.30. The summed E-state index contributed by atoms with van der Waals surface area (Å²) in [6, 6.07) is 4.12. The van der Waals surface area contributed by atoms with Gasteiger partial charge in [-0.1, -0.05) is 6.92 Å². The summed E-state index contributed by atoms with van der Waals surface area (Å²) in [6.45, 7) is 5.76. The van der Waals surface area contributed by atoms with Crippen molar-refractivity contribution in [2.75, 3.05) is 13.2 Å². The van der Waals surface area contributed by atoms with E-state index in [2.05, 4.69) is 40.1 Å². The van der Waals surface area contributed by atoms with Crippen molar-refractivity contribution in [1.29, 1.82) is 0 Å². The first kappa shape index (κ1) is 14.7. The number of hydrogen-bond acceptors (Lipinski definition) is 3. The van der Waals surface area contributed by atoms with Crippen LogP contribution in [0.2, 0.25) is 0 Å². The molecule has 0 unspecified atom stereocenters. The molecule has 1 N–H and O–H groups in total. The Bertz CT molecular complexity index is 269. The van der Waals surface area contributed by atoms with Crippen LogP contribution in [0.1, 0.15) is 13.8 Å². The van der Waals surface area contributed by atoms with Gasteiger partial charge in [0.2, 0.25) is 5.88 Å². The minimum Gasteiger partial charge on any atom is -0.476 e. The van der Waals surface area contributed by atoms with E-state index in [-0.39, 0.29) is 12.4 Å². The zero-order chi connectivity index (χ0) is 10.4. The summed E-state index contributed by atoms with van der Waals surface area (Å²) < 4.78 is 6.44. The van der Waals surface area contributed by atoms with E-state index in [1.807, 2.05) is 12.1 Å². The van der Waals surface area contributed by atoms with E-state index in [9.17, 15) is 0 Å². The maximum absolute atomic E-state index is 5.48. The van der Waals surface area contributed by atoms with Gasteiger partial charge in [0.15, 0.2) is 0 Å². The van der Waals surface area contributed by atoms with E-state index < -0.39 is 0 Å². The van der Waals surface area contributed by atoms with Gasteiger partial charge in [-0.05, 0) is 35.5 Å². The predicted molar refractivity (Wildman–Crippen MR) is 67.8 cm³/mol. The number of likely N-dealkylation sites (N-methyl/N-ethyl adjacent to an activating group) is 1. The van der Waals surface area contributed by atoms with Crippen LogP contribution >= 0.6 is 28.3 Å². The van der Waals surface area contributed by atoms with Crippen LogP contribution in [0.15, 0.2) is 22.8 Å². The summed E-state index contributed by atoms with van der Waals surface area (Å²) in [5, 5.41) is 3.27. The SMILES string of the molecule is CCN[C@@H](C)COc1ccc(Br)cn1.Cl. The summed E-state index contributed by atoms with van der Waals surface area (Å²) in [7, 11) is 0. The quantitative estimate of drug-likeness (QED) is 0.907. The number of nitrogens with zero attached hydrogens (tertiary/aromatic N) is 1. The van der Waals surface area contributed by atoms with E-state index in [0.717, 1.165) is 11.0 Å². The van der Waals surface area contributed by atoms with E-state index in [1.165, 1.54) is 0 Å². The molecule has 0 saturated carbocycles. The molecule has 0 aliphatic heterocycles. The third-order valence-corrected chi connectivity index (χ3v) is 2.20. The molecule has 0 bridgehead atoms. The minimum absolute atomic E-state index is 0. The Kier molecular flexibility index (Phi) is 7.74. The van der Waals surface area contributed by atoms with Crippen molar-refractivity contribution in [2.24, 2.45) is 0 Å². The second-order valence-electron chi connectivity index (χ2n) is 3.08.